The van der Waals surface area contributed by atoms with Crippen LogP contribution in [0.15, 0.2) is 0 Å². The summed E-state index contributed by atoms with van der Waals surface area (Å²) in [7, 11) is 0. The molecule has 4 nitrogen and oxygen atoms in total. The Morgan fingerprint density at radius 1 is 1.42 bits per heavy atom. The fraction of sp³-hybridized carbons (Fsp3) is 0.714. The summed E-state index contributed by atoms with van der Waals surface area (Å²) in [5.41, 5.74) is 7.07. The Hall–Kier alpha value is -0.970. The molecule has 0 amide bonds. The number of rotatable bonds is 3. The highest BCUT2D eigenvalue weighted by Crippen LogP contribution is 2.29. The first-order chi connectivity index (χ1) is 9.02. The van der Waals surface area contributed by atoms with Crippen LogP contribution in [0.3, 0.4) is 0 Å². The van der Waals surface area contributed by atoms with Crippen LogP contribution in [-0.2, 0) is 0 Å². The summed E-state index contributed by atoms with van der Waals surface area (Å²) in [4.78, 5) is 11.5. The molecule has 2 N–H and O–H groups in total. The van der Waals surface area contributed by atoms with E-state index in [0.29, 0.717) is 17.0 Å². The van der Waals surface area contributed by atoms with Gasteiger partial charge in [0, 0.05) is 35.6 Å². The quantitative estimate of drug-likeness (QED) is 0.922. The van der Waals surface area contributed by atoms with Gasteiger partial charge in [-0.05, 0) is 13.3 Å². The van der Waals surface area contributed by atoms with Crippen molar-refractivity contribution in [2.45, 2.75) is 45.3 Å². The van der Waals surface area contributed by atoms with Crippen molar-refractivity contribution in [3.63, 3.8) is 0 Å². The summed E-state index contributed by atoms with van der Waals surface area (Å²) in [5, 5.41) is 0.701. The van der Waals surface area contributed by atoms with Crippen molar-refractivity contribution in [3.8, 4) is 0 Å². The molecule has 5 heteroatoms. The molecule has 0 aliphatic carbocycles. The zero-order valence-corrected chi connectivity index (χ0v) is 13.1. The molecule has 1 aliphatic heterocycles. The molecule has 0 aromatic carbocycles. The molecule has 1 aromatic heterocycles. The van der Waals surface area contributed by atoms with Crippen molar-refractivity contribution in [1.29, 1.82) is 0 Å². The van der Waals surface area contributed by atoms with E-state index >= 15 is 0 Å². The molecule has 0 spiro atoms. The third-order valence-corrected chi connectivity index (χ3v) is 4.96. The molecule has 0 radical (unpaired) electrons. The molecule has 1 unspecified atom stereocenters. The monoisotopic (exact) mass is 280 g/mol. The van der Waals surface area contributed by atoms with Crippen LogP contribution in [0.2, 0.25) is 0 Å². The maximum Gasteiger partial charge on any atom is 0.137 e. The van der Waals surface area contributed by atoms with Crippen LogP contribution in [0, 0.1) is 6.92 Å². The maximum absolute atomic E-state index is 6.05. The summed E-state index contributed by atoms with van der Waals surface area (Å²) >= 11 is 2.07. The largest absolute Gasteiger partial charge is 0.383 e. The van der Waals surface area contributed by atoms with Crippen molar-refractivity contribution in [2.24, 2.45) is 0 Å². The predicted molar refractivity (Wildman–Crippen MR) is 84.0 cm³/mol. The number of thioether (sulfide) groups is 1. The van der Waals surface area contributed by atoms with Gasteiger partial charge in [0.1, 0.15) is 17.5 Å². The fourth-order valence-corrected chi connectivity index (χ4v) is 3.44. The van der Waals surface area contributed by atoms with Gasteiger partial charge in [-0.15, -0.1) is 0 Å². The van der Waals surface area contributed by atoms with Gasteiger partial charge in [0.05, 0.1) is 0 Å². The van der Waals surface area contributed by atoms with Crippen LogP contribution in [0.1, 0.15) is 44.5 Å². The average molecular weight is 280 g/mol. The Bertz CT molecular complexity index is 447. The molecular weight excluding hydrogens is 256 g/mol. The second kappa shape index (κ2) is 5.99. The first-order valence-corrected chi connectivity index (χ1v) is 8.08. The molecule has 0 bridgehead atoms. The molecule has 0 saturated carbocycles. The lowest BCUT2D eigenvalue weighted by Crippen LogP contribution is -2.39. The van der Waals surface area contributed by atoms with Crippen molar-refractivity contribution < 1.29 is 0 Å². The zero-order chi connectivity index (χ0) is 14.0. The lowest BCUT2D eigenvalue weighted by Gasteiger charge is -2.34. The van der Waals surface area contributed by atoms with Crippen molar-refractivity contribution >= 4 is 23.4 Å². The summed E-state index contributed by atoms with van der Waals surface area (Å²) in [5.74, 6) is 3.99. The number of anilines is 2. The van der Waals surface area contributed by atoms with E-state index in [9.17, 15) is 0 Å². The molecule has 1 aromatic rings. The molecule has 1 aliphatic rings. The molecular formula is C14H24N4S. The molecule has 106 valence electrons. The second-order valence-electron chi connectivity index (χ2n) is 5.42. The van der Waals surface area contributed by atoms with Gasteiger partial charge in [-0.25, -0.2) is 9.97 Å². The van der Waals surface area contributed by atoms with Gasteiger partial charge in [0.15, 0.2) is 0 Å². The lowest BCUT2D eigenvalue weighted by atomic mass is 10.2. The van der Waals surface area contributed by atoms with Gasteiger partial charge in [-0.2, -0.15) is 11.8 Å². The third-order valence-electron chi connectivity index (χ3n) is 3.59. The summed E-state index contributed by atoms with van der Waals surface area (Å²) < 4.78 is 0. The number of nitrogen functional groups attached to an aromatic ring is 1. The zero-order valence-electron chi connectivity index (χ0n) is 12.3. The van der Waals surface area contributed by atoms with Gasteiger partial charge < -0.3 is 10.6 Å². The Morgan fingerprint density at radius 2 is 2.16 bits per heavy atom. The van der Waals surface area contributed by atoms with Gasteiger partial charge in [-0.1, -0.05) is 20.8 Å². The Labute approximate surface area is 120 Å². The first kappa shape index (κ1) is 14.4. The normalized spacial score (nSPS) is 20.1. The van der Waals surface area contributed by atoms with E-state index in [2.05, 4.69) is 42.4 Å². The molecule has 1 saturated heterocycles. The minimum Gasteiger partial charge on any atom is -0.383 e. The average Bonchev–Trinajstić information content (AvgIpc) is 2.41. The molecule has 1 fully saturated rings. The molecule has 1 atom stereocenters. The van der Waals surface area contributed by atoms with E-state index in [4.69, 9.17) is 10.7 Å². The standard InChI is InChI=1S/C14H24N4S/c1-5-11-8-18(6-7-19-11)14-10(4)12(15)16-13(17-14)9(2)3/h9,11H,5-8H2,1-4H3,(H2,15,16,17). The molecule has 2 rings (SSSR count). The molecule has 2 heterocycles. The van der Waals surface area contributed by atoms with Crippen LogP contribution in [-0.4, -0.2) is 34.1 Å². The Balaban J connectivity index is 2.32. The first-order valence-electron chi connectivity index (χ1n) is 7.03. The number of aromatic nitrogens is 2. The highest BCUT2D eigenvalue weighted by molar-refractivity contribution is 8.00. The van der Waals surface area contributed by atoms with Crippen molar-refractivity contribution in [3.05, 3.63) is 11.4 Å². The molecule has 19 heavy (non-hydrogen) atoms. The smallest absolute Gasteiger partial charge is 0.137 e. The third kappa shape index (κ3) is 3.14. The minimum absolute atomic E-state index is 0.308. The van der Waals surface area contributed by atoms with E-state index in [-0.39, 0.29) is 0 Å². The number of nitrogens with zero attached hydrogens (tertiary/aromatic N) is 3. The van der Waals surface area contributed by atoms with Crippen LogP contribution >= 0.6 is 11.8 Å². The van der Waals surface area contributed by atoms with Gasteiger partial charge in [0.2, 0.25) is 0 Å². The van der Waals surface area contributed by atoms with Gasteiger partial charge in [-0.3, -0.25) is 0 Å². The highest BCUT2D eigenvalue weighted by atomic mass is 32.2. The van der Waals surface area contributed by atoms with Crippen LogP contribution in [0.25, 0.3) is 0 Å². The summed E-state index contributed by atoms with van der Waals surface area (Å²) in [6.45, 7) is 10.6. The summed E-state index contributed by atoms with van der Waals surface area (Å²) in [6.07, 6.45) is 1.21. The van der Waals surface area contributed by atoms with Crippen molar-refractivity contribution in [2.75, 3.05) is 29.5 Å². The maximum atomic E-state index is 6.05. The topological polar surface area (TPSA) is 55.0 Å². The van der Waals surface area contributed by atoms with E-state index in [1.807, 2.05) is 6.92 Å². The Morgan fingerprint density at radius 3 is 2.79 bits per heavy atom. The van der Waals surface area contributed by atoms with E-state index in [0.717, 1.165) is 30.3 Å². The highest BCUT2D eigenvalue weighted by Gasteiger charge is 2.23. The minimum atomic E-state index is 0.308. The van der Waals surface area contributed by atoms with E-state index in [1.54, 1.807) is 0 Å². The van der Waals surface area contributed by atoms with Crippen LogP contribution in [0.4, 0.5) is 11.6 Å². The fourth-order valence-electron chi connectivity index (χ4n) is 2.26. The van der Waals surface area contributed by atoms with E-state index < -0.39 is 0 Å². The summed E-state index contributed by atoms with van der Waals surface area (Å²) in [6, 6.07) is 0. The lowest BCUT2D eigenvalue weighted by molar-refractivity contribution is 0.703. The number of nitrogens with two attached hydrogens (primary N) is 1. The van der Waals surface area contributed by atoms with Crippen LogP contribution in [0.5, 0.6) is 0 Å². The SMILES string of the molecule is CCC1CN(c2nc(C(C)C)nc(N)c2C)CCS1. The number of hydrogen-bond acceptors (Lipinski definition) is 5. The number of hydrogen-bond donors (Lipinski definition) is 1. The predicted octanol–water partition coefficient (Wildman–Crippen LogP) is 2.82. The van der Waals surface area contributed by atoms with Crippen molar-refractivity contribution in [1.82, 2.24) is 9.97 Å². The van der Waals surface area contributed by atoms with Crippen LogP contribution < -0.4 is 10.6 Å². The Kier molecular flexibility index (Phi) is 4.55. The van der Waals surface area contributed by atoms with Gasteiger partial charge >= 0.3 is 0 Å². The second-order valence-corrected chi connectivity index (χ2v) is 6.83. The van der Waals surface area contributed by atoms with E-state index in [1.165, 1.54) is 12.2 Å². The van der Waals surface area contributed by atoms with Gasteiger partial charge in [0.25, 0.3) is 0 Å².